The SMILES string of the molecule is COc1ccc(C2OC=C(c3ccccc3)N2C(=O)OC(C)(C)C)cc1. The average Bonchev–Trinajstić information content (AvgIpc) is 3.06. The van der Waals surface area contributed by atoms with Gasteiger partial charge in [0.2, 0.25) is 6.23 Å². The summed E-state index contributed by atoms with van der Waals surface area (Å²) in [5.74, 6) is 0.742. The van der Waals surface area contributed by atoms with Crippen LogP contribution in [0.25, 0.3) is 5.70 Å². The second-order valence-electron chi connectivity index (χ2n) is 6.98. The van der Waals surface area contributed by atoms with Crippen molar-refractivity contribution in [2.45, 2.75) is 32.6 Å². The van der Waals surface area contributed by atoms with E-state index in [9.17, 15) is 4.79 Å². The van der Waals surface area contributed by atoms with Gasteiger partial charge in [-0.15, -0.1) is 0 Å². The van der Waals surface area contributed by atoms with E-state index in [0.29, 0.717) is 5.70 Å². The van der Waals surface area contributed by atoms with E-state index >= 15 is 0 Å². The maximum atomic E-state index is 12.9. The standard InChI is InChI=1S/C21H23NO4/c1-21(2,3)26-20(23)22-18(15-8-6-5-7-9-15)14-25-19(22)16-10-12-17(24-4)13-11-16/h5-14,19H,1-4H3. The Kier molecular flexibility index (Phi) is 4.89. The van der Waals surface area contributed by atoms with E-state index in [1.54, 1.807) is 18.3 Å². The van der Waals surface area contributed by atoms with E-state index in [4.69, 9.17) is 14.2 Å². The molecule has 0 aromatic heterocycles. The van der Waals surface area contributed by atoms with Crippen molar-refractivity contribution in [1.29, 1.82) is 0 Å². The van der Waals surface area contributed by atoms with Crippen molar-refractivity contribution < 1.29 is 19.0 Å². The normalized spacial score (nSPS) is 16.7. The molecular formula is C21H23NO4. The van der Waals surface area contributed by atoms with Gasteiger partial charge in [0.25, 0.3) is 0 Å². The Bertz CT molecular complexity index is 791. The molecule has 1 aliphatic heterocycles. The molecule has 1 atom stereocenters. The summed E-state index contributed by atoms with van der Waals surface area (Å²) in [5.41, 5.74) is 1.78. The van der Waals surface area contributed by atoms with Crippen molar-refractivity contribution in [3.05, 3.63) is 72.0 Å². The molecule has 136 valence electrons. The zero-order valence-electron chi connectivity index (χ0n) is 15.4. The largest absolute Gasteiger partial charge is 0.497 e. The Morgan fingerprint density at radius 1 is 1.04 bits per heavy atom. The van der Waals surface area contributed by atoms with Gasteiger partial charge in [-0.3, -0.25) is 0 Å². The highest BCUT2D eigenvalue weighted by atomic mass is 16.6. The summed E-state index contributed by atoms with van der Waals surface area (Å²) in [6, 6.07) is 17.1. The molecule has 5 nitrogen and oxygen atoms in total. The number of hydrogen-bond acceptors (Lipinski definition) is 4. The Balaban J connectivity index is 1.95. The number of benzene rings is 2. The van der Waals surface area contributed by atoms with Crippen LogP contribution < -0.4 is 4.74 Å². The van der Waals surface area contributed by atoms with E-state index in [1.165, 1.54) is 0 Å². The highest BCUT2D eigenvalue weighted by Crippen LogP contribution is 2.38. The predicted octanol–water partition coefficient (Wildman–Crippen LogP) is 4.96. The second-order valence-corrected chi connectivity index (χ2v) is 6.98. The van der Waals surface area contributed by atoms with Crippen LogP contribution in [-0.2, 0) is 9.47 Å². The van der Waals surface area contributed by atoms with E-state index in [1.807, 2.05) is 75.4 Å². The lowest BCUT2D eigenvalue weighted by atomic mass is 10.1. The smallest absolute Gasteiger partial charge is 0.418 e. The highest BCUT2D eigenvalue weighted by Gasteiger charge is 2.37. The molecule has 5 heteroatoms. The number of amides is 1. The third-order valence-corrected chi connectivity index (χ3v) is 3.86. The topological polar surface area (TPSA) is 48.0 Å². The molecule has 0 radical (unpaired) electrons. The Hall–Kier alpha value is -2.95. The number of rotatable bonds is 3. The summed E-state index contributed by atoms with van der Waals surface area (Å²) in [6.45, 7) is 5.53. The molecule has 26 heavy (non-hydrogen) atoms. The Morgan fingerprint density at radius 2 is 1.69 bits per heavy atom. The van der Waals surface area contributed by atoms with Gasteiger partial charge in [-0.05, 0) is 45.0 Å². The zero-order chi connectivity index (χ0) is 18.7. The lowest BCUT2D eigenvalue weighted by Crippen LogP contribution is -2.36. The summed E-state index contributed by atoms with van der Waals surface area (Å²) in [7, 11) is 1.61. The van der Waals surface area contributed by atoms with Gasteiger partial charge in [0, 0.05) is 11.1 Å². The number of ether oxygens (including phenoxy) is 3. The van der Waals surface area contributed by atoms with Crippen LogP contribution in [0, 0.1) is 0 Å². The van der Waals surface area contributed by atoms with E-state index < -0.39 is 17.9 Å². The van der Waals surface area contributed by atoms with Gasteiger partial charge in [-0.25, -0.2) is 9.69 Å². The third kappa shape index (κ3) is 3.82. The molecule has 2 aromatic rings. The van der Waals surface area contributed by atoms with Gasteiger partial charge in [0.05, 0.1) is 12.8 Å². The first-order valence-electron chi connectivity index (χ1n) is 8.46. The van der Waals surface area contributed by atoms with Gasteiger partial charge in [0.15, 0.2) is 0 Å². The summed E-state index contributed by atoms with van der Waals surface area (Å²) in [6.07, 6.45) is 0.561. The van der Waals surface area contributed by atoms with Crippen molar-refractivity contribution in [2.24, 2.45) is 0 Å². The molecule has 0 aliphatic carbocycles. The van der Waals surface area contributed by atoms with Crippen LogP contribution in [0.1, 0.15) is 38.1 Å². The fourth-order valence-corrected chi connectivity index (χ4v) is 2.69. The van der Waals surface area contributed by atoms with Crippen molar-refractivity contribution in [3.8, 4) is 5.75 Å². The van der Waals surface area contributed by atoms with Crippen LogP contribution in [0.4, 0.5) is 4.79 Å². The van der Waals surface area contributed by atoms with Crippen molar-refractivity contribution in [3.63, 3.8) is 0 Å². The molecule has 2 aromatic carbocycles. The number of methoxy groups -OCH3 is 1. The lowest BCUT2D eigenvalue weighted by Gasteiger charge is -2.29. The minimum Gasteiger partial charge on any atom is -0.497 e. The quantitative estimate of drug-likeness (QED) is 0.782. The van der Waals surface area contributed by atoms with Gasteiger partial charge in [0.1, 0.15) is 17.6 Å². The first-order valence-corrected chi connectivity index (χ1v) is 8.46. The van der Waals surface area contributed by atoms with Crippen LogP contribution in [0.5, 0.6) is 5.75 Å². The molecule has 1 heterocycles. The molecule has 0 spiro atoms. The summed E-state index contributed by atoms with van der Waals surface area (Å²) < 4.78 is 16.7. The molecule has 0 saturated carbocycles. The van der Waals surface area contributed by atoms with Crippen molar-refractivity contribution in [1.82, 2.24) is 4.90 Å². The average molecular weight is 353 g/mol. The first-order chi connectivity index (χ1) is 12.4. The van der Waals surface area contributed by atoms with Crippen LogP contribution in [0.2, 0.25) is 0 Å². The molecule has 0 bridgehead atoms. The second kappa shape index (κ2) is 7.12. The van der Waals surface area contributed by atoms with Crippen molar-refractivity contribution >= 4 is 11.8 Å². The fourth-order valence-electron chi connectivity index (χ4n) is 2.69. The molecule has 1 aliphatic rings. The molecule has 0 saturated heterocycles. The van der Waals surface area contributed by atoms with Gasteiger partial charge >= 0.3 is 6.09 Å². The van der Waals surface area contributed by atoms with Crippen molar-refractivity contribution in [2.75, 3.05) is 7.11 Å². The molecule has 3 rings (SSSR count). The number of hydrogen-bond donors (Lipinski definition) is 0. The van der Waals surface area contributed by atoms with Gasteiger partial charge < -0.3 is 14.2 Å². The summed E-state index contributed by atoms with van der Waals surface area (Å²) in [5, 5.41) is 0. The van der Waals surface area contributed by atoms with Crippen LogP contribution >= 0.6 is 0 Å². The monoisotopic (exact) mass is 353 g/mol. The number of carbonyl (C=O) groups is 1. The summed E-state index contributed by atoms with van der Waals surface area (Å²) >= 11 is 0. The first kappa shape index (κ1) is 17.9. The molecular weight excluding hydrogens is 330 g/mol. The lowest BCUT2D eigenvalue weighted by molar-refractivity contribution is 0.000471. The van der Waals surface area contributed by atoms with E-state index in [-0.39, 0.29) is 0 Å². The Labute approximate surface area is 153 Å². The number of nitrogens with zero attached hydrogens (tertiary/aromatic N) is 1. The Morgan fingerprint density at radius 3 is 2.27 bits per heavy atom. The maximum Gasteiger partial charge on any atom is 0.418 e. The van der Waals surface area contributed by atoms with Crippen LogP contribution in [0.3, 0.4) is 0 Å². The number of carbonyl (C=O) groups excluding carboxylic acids is 1. The van der Waals surface area contributed by atoms with Gasteiger partial charge in [-0.2, -0.15) is 0 Å². The predicted molar refractivity (Wildman–Crippen MR) is 99.3 cm³/mol. The van der Waals surface area contributed by atoms with E-state index in [2.05, 4.69) is 0 Å². The fraction of sp³-hybridized carbons (Fsp3) is 0.286. The zero-order valence-corrected chi connectivity index (χ0v) is 15.4. The molecule has 1 amide bonds. The minimum atomic E-state index is -0.605. The maximum absolute atomic E-state index is 12.9. The highest BCUT2D eigenvalue weighted by molar-refractivity contribution is 5.83. The molecule has 0 fully saturated rings. The van der Waals surface area contributed by atoms with E-state index in [0.717, 1.165) is 16.9 Å². The third-order valence-electron chi connectivity index (χ3n) is 3.86. The van der Waals surface area contributed by atoms with Gasteiger partial charge in [-0.1, -0.05) is 30.3 Å². The van der Waals surface area contributed by atoms with Crippen LogP contribution in [0.15, 0.2) is 60.9 Å². The summed E-state index contributed by atoms with van der Waals surface area (Å²) in [4.78, 5) is 14.5. The molecule has 1 unspecified atom stereocenters. The minimum absolute atomic E-state index is 0.453. The van der Waals surface area contributed by atoms with Crippen LogP contribution in [-0.4, -0.2) is 23.7 Å². The molecule has 0 N–H and O–H groups in total.